The van der Waals surface area contributed by atoms with Crippen molar-refractivity contribution in [1.29, 1.82) is 0 Å². The molecule has 5 rings (SSSR count). The molecule has 4 fully saturated rings. The van der Waals surface area contributed by atoms with Gasteiger partial charge >= 0.3 is 6.03 Å². The van der Waals surface area contributed by atoms with E-state index in [-0.39, 0.29) is 35.3 Å². The third-order valence-electron chi connectivity index (χ3n) is 8.52. The third-order valence-corrected chi connectivity index (χ3v) is 10.0. The van der Waals surface area contributed by atoms with E-state index in [1.54, 1.807) is 7.11 Å². The van der Waals surface area contributed by atoms with Gasteiger partial charge in [-0.05, 0) is 55.2 Å². The van der Waals surface area contributed by atoms with E-state index in [2.05, 4.69) is 15.5 Å². The minimum atomic E-state index is -0.0412. The molecule has 0 aromatic heterocycles. The van der Waals surface area contributed by atoms with Crippen molar-refractivity contribution in [1.82, 2.24) is 20.4 Å². The molecular formula is C27H38N4O4S. The Hall–Kier alpha value is -2.42. The molecule has 3 unspecified atom stereocenters. The molecule has 1 spiro atoms. The molecule has 196 valence electrons. The van der Waals surface area contributed by atoms with Gasteiger partial charge in [-0.1, -0.05) is 18.6 Å². The van der Waals surface area contributed by atoms with Gasteiger partial charge in [0.1, 0.15) is 5.75 Å². The summed E-state index contributed by atoms with van der Waals surface area (Å²) < 4.78 is 5.27. The largest absolute Gasteiger partial charge is 0.497 e. The van der Waals surface area contributed by atoms with Crippen LogP contribution in [0.4, 0.5) is 4.79 Å². The predicted octanol–water partition coefficient (Wildman–Crippen LogP) is 2.80. The number of methoxy groups -OCH3 is 1. The molecule has 4 heterocycles. The fraction of sp³-hybridized carbons (Fsp3) is 0.667. The van der Waals surface area contributed by atoms with Crippen molar-refractivity contribution in [2.45, 2.75) is 68.7 Å². The van der Waals surface area contributed by atoms with Crippen LogP contribution in [0.3, 0.4) is 0 Å². The minimum Gasteiger partial charge on any atom is -0.497 e. The lowest BCUT2D eigenvalue weighted by Crippen LogP contribution is -2.45. The first-order chi connectivity index (χ1) is 17.4. The number of urea groups is 1. The van der Waals surface area contributed by atoms with Crippen LogP contribution in [0.5, 0.6) is 5.75 Å². The number of benzene rings is 1. The Kier molecular flexibility index (Phi) is 7.65. The third kappa shape index (κ3) is 5.61. The number of carbonyl (C=O) groups excluding carboxylic acids is 3. The number of ether oxygens (including phenoxy) is 1. The zero-order valence-corrected chi connectivity index (χ0v) is 22.0. The van der Waals surface area contributed by atoms with E-state index in [0.29, 0.717) is 18.1 Å². The first-order valence-corrected chi connectivity index (χ1v) is 14.4. The lowest BCUT2D eigenvalue weighted by atomic mass is 9.77. The van der Waals surface area contributed by atoms with Crippen LogP contribution in [0.25, 0.3) is 0 Å². The van der Waals surface area contributed by atoms with Crippen LogP contribution in [0, 0.1) is 5.41 Å². The van der Waals surface area contributed by atoms with Crippen molar-refractivity contribution >= 4 is 29.6 Å². The summed E-state index contributed by atoms with van der Waals surface area (Å²) in [5, 5.41) is 6.48. The fourth-order valence-electron chi connectivity index (χ4n) is 6.28. The average Bonchev–Trinajstić information content (AvgIpc) is 3.57. The van der Waals surface area contributed by atoms with Gasteiger partial charge in [0, 0.05) is 43.6 Å². The van der Waals surface area contributed by atoms with Gasteiger partial charge in [-0.15, -0.1) is 0 Å². The predicted molar refractivity (Wildman–Crippen MR) is 140 cm³/mol. The molecule has 4 amide bonds. The van der Waals surface area contributed by atoms with Crippen molar-refractivity contribution in [3.8, 4) is 5.75 Å². The van der Waals surface area contributed by atoms with Crippen molar-refractivity contribution in [3.63, 3.8) is 0 Å². The molecule has 4 saturated heterocycles. The molecule has 0 radical (unpaired) electrons. The van der Waals surface area contributed by atoms with Crippen molar-refractivity contribution < 1.29 is 19.1 Å². The molecule has 1 aromatic carbocycles. The van der Waals surface area contributed by atoms with Gasteiger partial charge < -0.3 is 25.2 Å². The summed E-state index contributed by atoms with van der Waals surface area (Å²) in [6.07, 6.45) is 6.98. The Labute approximate surface area is 217 Å². The smallest absolute Gasteiger partial charge is 0.315 e. The monoisotopic (exact) mass is 514 g/mol. The van der Waals surface area contributed by atoms with E-state index in [1.165, 1.54) is 0 Å². The van der Waals surface area contributed by atoms with Crippen molar-refractivity contribution in [2.24, 2.45) is 5.41 Å². The Balaban J connectivity index is 1.01. The number of fused-ring (bicyclic) bond motifs is 1. The van der Waals surface area contributed by atoms with E-state index in [1.807, 2.05) is 40.9 Å². The molecule has 1 aromatic rings. The van der Waals surface area contributed by atoms with Crippen LogP contribution in [0.1, 0.15) is 50.5 Å². The topological polar surface area (TPSA) is 91.0 Å². The highest BCUT2D eigenvalue weighted by atomic mass is 32.2. The minimum absolute atomic E-state index is 0.0412. The van der Waals surface area contributed by atoms with E-state index in [9.17, 15) is 14.4 Å². The number of hydrogen-bond acceptors (Lipinski definition) is 5. The van der Waals surface area contributed by atoms with Gasteiger partial charge in [-0.25, -0.2) is 4.79 Å². The molecule has 3 atom stereocenters. The Morgan fingerprint density at radius 1 is 1.08 bits per heavy atom. The molecule has 0 bridgehead atoms. The molecule has 4 aliphatic heterocycles. The number of piperidine rings is 1. The SMILES string of the molecule is COc1cccc(CC(=O)N2CCC3(CC2)CCN(C(=O)CCCCC2SCC4NC(=O)NC42)C3)c1. The van der Waals surface area contributed by atoms with E-state index in [0.717, 1.165) is 81.8 Å². The zero-order valence-electron chi connectivity index (χ0n) is 21.2. The van der Waals surface area contributed by atoms with Gasteiger partial charge in [0.15, 0.2) is 0 Å². The second-order valence-corrected chi connectivity index (χ2v) is 12.1. The van der Waals surface area contributed by atoms with Crippen molar-refractivity contribution in [2.75, 3.05) is 39.0 Å². The average molecular weight is 515 g/mol. The molecule has 36 heavy (non-hydrogen) atoms. The summed E-state index contributed by atoms with van der Waals surface area (Å²) in [6.45, 7) is 3.23. The molecule has 4 aliphatic rings. The number of unbranched alkanes of at least 4 members (excludes halogenated alkanes) is 1. The maximum absolute atomic E-state index is 12.9. The first-order valence-electron chi connectivity index (χ1n) is 13.3. The van der Waals surface area contributed by atoms with Gasteiger partial charge in [-0.3, -0.25) is 9.59 Å². The lowest BCUT2D eigenvalue weighted by Gasteiger charge is -2.39. The molecule has 2 N–H and O–H groups in total. The maximum atomic E-state index is 12.9. The number of amides is 4. The van der Waals surface area contributed by atoms with Crippen LogP contribution in [-0.2, 0) is 16.0 Å². The molecule has 0 saturated carbocycles. The highest BCUT2D eigenvalue weighted by Crippen LogP contribution is 2.41. The number of likely N-dealkylation sites (tertiary alicyclic amines) is 2. The Bertz CT molecular complexity index is 980. The highest BCUT2D eigenvalue weighted by Gasteiger charge is 2.43. The van der Waals surface area contributed by atoms with E-state index < -0.39 is 0 Å². The van der Waals surface area contributed by atoms with Crippen LogP contribution in [-0.4, -0.2) is 84.0 Å². The lowest BCUT2D eigenvalue weighted by molar-refractivity contribution is -0.134. The number of hydrogen-bond donors (Lipinski definition) is 2. The normalized spacial score (nSPS) is 26.6. The second kappa shape index (κ2) is 10.9. The van der Waals surface area contributed by atoms with Gasteiger partial charge in [0.2, 0.25) is 11.8 Å². The molecular weight excluding hydrogens is 476 g/mol. The van der Waals surface area contributed by atoms with Crippen LogP contribution >= 0.6 is 11.8 Å². The van der Waals surface area contributed by atoms with Gasteiger partial charge in [-0.2, -0.15) is 11.8 Å². The number of rotatable bonds is 8. The Morgan fingerprint density at radius 3 is 2.64 bits per heavy atom. The number of nitrogens with zero attached hydrogens (tertiary/aromatic N) is 2. The second-order valence-electron chi connectivity index (χ2n) is 10.8. The molecule has 9 heteroatoms. The molecule has 8 nitrogen and oxygen atoms in total. The molecule has 0 aliphatic carbocycles. The summed E-state index contributed by atoms with van der Waals surface area (Å²) in [7, 11) is 1.64. The number of carbonyl (C=O) groups is 3. The van der Waals surface area contributed by atoms with Gasteiger partial charge in [0.25, 0.3) is 0 Å². The van der Waals surface area contributed by atoms with Crippen LogP contribution in [0.15, 0.2) is 24.3 Å². The van der Waals surface area contributed by atoms with E-state index >= 15 is 0 Å². The summed E-state index contributed by atoms with van der Waals surface area (Å²) in [6, 6.07) is 8.18. The standard InChI is InChI=1S/C27H38N4O4S/c1-35-20-6-4-5-19(15-20)16-24(33)30-12-9-27(10-13-30)11-14-31(18-27)23(32)8-3-2-7-22-25-21(17-36-22)28-26(34)29-25/h4-6,15,21-22,25H,2-3,7-14,16-18H2,1H3,(H2,28,29,34). The Morgan fingerprint density at radius 2 is 1.86 bits per heavy atom. The summed E-state index contributed by atoms with van der Waals surface area (Å²) in [5.74, 6) is 2.20. The fourth-order valence-corrected chi connectivity index (χ4v) is 7.82. The van der Waals surface area contributed by atoms with Gasteiger partial charge in [0.05, 0.1) is 25.6 Å². The summed E-state index contributed by atoms with van der Waals surface area (Å²) in [5.41, 5.74) is 1.15. The van der Waals surface area contributed by atoms with Crippen LogP contribution < -0.4 is 15.4 Å². The highest BCUT2D eigenvalue weighted by molar-refractivity contribution is 8.00. The quantitative estimate of drug-likeness (QED) is 0.411. The van der Waals surface area contributed by atoms with Crippen LogP contribution in [0.2, 0.25) is 0 Å². The summed E-state index contributed by atoms with van der Waals surface area (Å²) >= 11 is 1.93. The van der Waals surface area contributed by atoms with Crippen molar-refractivity contribution in [3.05, 3.63) is 29.8 Å². The maximum Gasteiger partial charge on any atom is 0.315 e. The van der Waals surface area contributed by atoms with E-state index in [4.69, 9.17) is 4.74 Å². The number of nitrogens with one attached hydrogen (secondary N) is 2. The zero-order chi connectivity index (χ0) is 25.1. The first kappa shape index (κ1) is 25.2. The summed E-state index contributed by atoms with van der Waals surface area (Å²) in [4.78, 5) is 41.3. The number of thioether (sulfide) groups is 1.